The van der Waals surface area contributed by atoms with Gasteiger partial charge in [-0.2, -0.15) is 0 Å². The monoisotopic (exact) mass is 217 g/mol. The number of esters is 1. The van der Waals surface area contributed by atoms with Gasteiger partial charge in [-0.05, 0) is 20.8 Å². The van der Waals surface area contributed by atoms with Crippen molar-refractivity contribution in [2.24, 2.45) is 0 Å². The summed E-state index contributed by atoms with van der Waals surface area (Å²) in [5.41, 5.74) is -0.515. The summed E-state index contributed by atoms with van der Waals surface area (Å²) in [6.07, 6.45) is 0.156. The number of carbonyl (C=O) groups excluding carboxylic acids is 2. The number of nitrogens with one attached hydrogen (secondary N) is 1. The van der Waals surface area contributed by atoms with Crippen molar-refractivity contribution in [3.63, 3.8) is 0 Å². The Balaban J connectivity index is 3.67. The molecule has 88 valence electrons. The van der Waals surface area contributed by atoms with Gasteiger partial charge < -0.3 is 15.2 Å². The van der Waals surface area contributed by atoms with Crippen LogP contribution in [0.4, 0.5) is 0 Å². The first-order valence-electron chi connectivity index (χ1n) is 4.94. The Kier molecular flexibility index (Phi) is 5.93. The molecule has 0 aliphatic carbocycles. The number of hydrogen-bond donors (Lipinski definition) is 2. The third-order valence-corrected chi connectivity index (χ3v) is 1.41. The second-order valence-electron chi connectivity index (χ2n) is 4.16. The van der Waals surface area contributed by atoms with Crippen LogP contribution in [0.1, 0.15) is 33.6 Å². The normalized spacial score (nSPS) is 10.9. The summed E-state index contributed by atoms with van der Waals surface area (Å²) in [5.74, 6) is -0.642. The highest BCUT2D eigenvalue weighted by atomic mass is 16.6. The zero-order valence-electron chi connectivity index (χ0n) is 9.50. The van der Waals surface area contributed by atoms with Crippen LogP contribution < -0.4 is 5.32 Å². The number of amides is 1. The SMILES string of the molecule is CC(C)(C)OC(=O)CCC(=O)NCCO. The van der Waals surface area contributed by atoms with Crippen molar-refractivity contribution in [1.82, 2.24) is 5.32 Å². The Bertz CT molecular complexity index is 220. The van der Waals surface area contributed by atoms with Crippen LogP contribution in [-0.4, -0.2) is 35.7 Å². The molecule has 15 heavy (non-hydrogen) atoms. The summed E-state index contributed by atoms with van der Waals surface area (Å²) in [4.78, 5) is 22.2. The Morgan fingerprint density at radius 1 is 1.27 bits per heavy atom. The molecule has 0 aromatic rings. The van der Waals surface area contributed by atoms with Crippen molar-refractivity contribution in [3.8, 4) is 0 Å². The molecule has 0 aromatic carbocycles. The van der Waals surface area contributed by atoms with Crippen molar-refractivity contribution < 1.29 is 19.4 Å². The lowest BCUT2D eigenvalue weighted by molar-refractivity contribution is -0.155. The number of rotatable bonds is 5. The highest BCUT2D eigenvalue weighted by molar-refractivity contribution is 5.81. The van der Waals surface area contributed by atoms with Gasteiger partial charge in [0.05, 0.1) is 13.0 Å². The van der Waals surface area contributed by atoms with E-state index < -0.39 is 5.60 Å². The van der Waals surface area contributed by atoms with Crippen LogP contribution in [0.15, 0.2) is 0 Å². The van der Waals surface area contributed by atoms with Crippen molar-refractivity contribution in [2.45, 2.75) is 39.2 Å². The van der Waals surface area contributed by atoms with Gasteiger partial charge in [-0.25, -0.2) is 0 Å². The van der Waals surface area contributed by atoms with E-state index in [4.69, 9.17) is 9.84 Å². The van der Waals surface area contributed by atoms with Crippen molar-refractivity contribution >= 4 is 11.9 Å². The fourth-order valence-electron chi connectivity index (χ4n) is 0.892. The van der Waals surface area contributed by atoms with Crippen molar-refractivity contribution in [3.05, 3.63) is 0 Å². The molecule has 0 saturated carbocycles. The van der Waals surface area contributed by atoms with Gasteiger partial charge in [-0.1, -0.05) is 0 Å². The smallest absolute Gasteiger partial charge is 0.306 e. The van der Waals surface area contributed by atoms with Gasteiger partial charge >= 0.3 is 5.97 Å². The van der Waals surface area contributed by atoms with Crippen molar-refractivity contribution in [1.29, 1.82) is 0 Å². The summed E-state index contributed by atoms with van der Waals surface area (Å²) in [6.45, 7) is 5.44. The third-order valence-electron chi connectivity index (χ3n) is 1.41. The molecule has 0 aliphatic heterocycles. The zero-order chi connectivity index (χ0) is 11.9. The van der Waals surface area contributed by atoms with Gasteiger partial charge in [-0.15, -0.1) is 0 Å². The molecule has 0 unspecified atom stereocenters. The van der Waals surface area contributed by atoms with Gasteiger partial charge in [0.2, 0.25) is 5.91 Å². The van der Waals surface area contributed by atoms with Crippen LogP contribution in [0.3, 0.4) is 0 Å². The molecule has 0 radical (unpaired) electrons. The van der Waals surface area contributed by atoms with Gasteiger partial charge in [0.15, 0.2) is 0 Å². The van der Waals surface area contributed by atoms with Gasteiger partial charge in [-0.3, -0.25) is 9.59 Å². The number of aliphatic hydroxyl groups is 1. The van der Waals surface area contributed by atoms with Crippen LogP contribution in [0, 0.1) is 0 Å². The van der Waals surface area contributed by atoms with E-state index in [0.717, 1.165) is 0 Å². The second-order valence-corrected chi connectivity index (χ2v) is 4.16. The molecule has 0 saturated heterocycles. The first-order chi connectivity index (χ1) is 6.85. The number of aliphatic hydroxyl groups excluding tert-OH is 1. The zero-order valence-corrected chi connectivity index (χ0v) is 9.50. The molecule has 0 atom stereocenters. The average Bonchev–Trinajstić information content (AvgIpc) is 2.08. The predicted molar refractivity (Wildman–Crippen MR) is 55.2 cm³/mol. The topological polar surface area (TPSA) is 75.6 Å². The predicted octanol–water partition coefficient (Wildman–Crippen LogP) is 0.217. The van der Waals surface area contributed by atoms with Gasteiger partial charge in [0, 0.05) is 13.0 Å². The van der Waals surface area contributed by atoms with Crippen LogP contribution in [0.5, 0.6) is 0 Å². The van der Waals surface area contributed by atoms with Gasteiger partial charge in [0.25, 0.3) is 0 Å². The molecule has 0 aromatic heterocycles. The van der Waals surface area contributed by atoms with E-state index in [-0.39, 0.29) is 37.9 Å². The Morgan fingerprint density at radius 3 is 2.33 bits per heavy atom. The molecule has 0 bridgehead atoms. The largest absolute Gasteiger partial charge is 0.460 e. The Morgan fingerprint density at radius 2 is 1.87 bits per heavy atom. The molecule has 5 heteroatoms. The minimum atomic E-state index is -0.515. The lowest BCUT2D eigenvalue weighted by Crippen LogP contribution is -2.28. The van der Waals surface area contributed by atoms with Crippen LogP contribution in [-0.2, 0) is 14.3 Å². The Labute approximate surface area is 89.8 Å². The maximum atomic E-state index is 11.2. The highest BCUT2D eigenvalue weighted by Crippen LogP contribution is 2.08. The second kappa shape index (κ2) is 6.40. The lowest BCUT2D eigenvalue weighted by Gasteiger charge is -2.19. The molecule has 0 heterocycles. The van der Waals surface area contributed by atoms with E-state index in [0.29, 0.717) is 0 Å². The summed E-state index contributed by atoms with van der Waals surface area (Å²) >= 11 is 0. The molecule has 0 spiro atoms. The minimum absolute atomic E-state index is 0.0640. The third kappa shape index (κ3) is 9.21. The van der Waals surface area contributed by atoms with Crippen molar-refractivity contribution in [2.75, 3.05) is 13.2 Å². The standard InChI is InChI=1S/C10H19NO4/c1-10(2,3)15-9(14)5-4-8(13)11-6-7-12/h12H,4-7H2,1-3H3,(H,11,13). The Hall–Kier alpha value is -1.10. The van der Waals surface area contributed by atoms with E-state index >= 15 is 0 Å². The van der Waals surface area contributed by atoms with E-state index in [1.165, 1.54) is 0 Å². The first kappa shape index (κ1) is 13.9. The quantitative estimate of drug-likeness (QED) is 0.646. The van der Waals surface area contributed by atoms with Crippen LogP contribution in [0.25, 0.3) is 0 Å². The summed E-state index contributed by atoms with van der Waals surface area (Å²) in [7, 11) is 0. The summed E-state index contributed by atoms with van der Waals surface area (Å²) in [5, 5.41) is 10.9. The van der Waals surface area contributed by atoms with E-state index in [2.05, 4.69) is 5.32 Å². The molecular weight excluding hydrogens is 198 g/mol. The van der Waals surface area contributed by atoms with Gasteiger partial charge in [0.1, 0.15) is 5.60 Å². The molecular formula is C10H19NO4. The maximum absolute atomic E-state index is 11.2. The number of hydrogen-bond acceptors (Lipinski definition) is 4. The summed E-state index contributed by atoms with van der Waals surface area (Å²) in [6, 6.07) is 0. The molecule has 0 aliphatic rings. The maximum Gasteiger partial charge on any atom is 0.306 e. The van der Waals surface area contributed by atoms with E-state index in [1.807, 2.05) is 0 Å². The molecule has 0 fully saturated rings. The number of ether oxygens (including phenoxy) is 1. The first-order valence-corrected chi connectivity index (χ1v) is 4.94. The fourth-order valence-corrected chi connectivity index (χ4v) is 0.892. The lowest BCUT2D eigenvalue weighted by atomic mass is 10.2. The van der Waals surface area contributed by atoms with E-state index in [9.17, 15) is 9.59 Å². The van der Waals surface area contributed by atoms with E-state index in [1.54, 1.807) is 20.8 Å². The summed E-state index contributed by atoms with van der Waals surface area (Å²) < 4.78 is 5.02. The molecule has 2 N–H and O–H groups in total. The fraction of sp³-hybridized carbons (Fsp3) is 0.800. The number of carbonyl (C=O) groups is 2. The molecule has 5 nitrogen and oxygen atoms in total. The highest BCUT2D eigenvalue weighted by Gasteiger charge is 2.16. The minimum Gasteiger partial charge on any atom is -0.460 e. The van der Waals surface area contributed by atoms with Crippen LogP contribution >= 0.6 is 0 Å². The molecule has 0 rings (SSSR count). The average molecular weight is 217 g/mol. The van der Waals surface area contributed by atoms with Crippen LogP contribution in [0.2, 0.25) is 0 Å². The molecule has 1 amide bonds.